The molecule has 0 saturated carbocycles. The van der Waals surface area contributed by atoms with Gasteiger partial charge in [0.15, 0.2) is 11.8 Å². The molecule has 0 radical (unpaired) electrons. The summed E-state index contributed by atoms with van der Waals surface area (Å²) in [6.45, 7) is 5.39. The van der Waals surface area contributed by atoms with Crippen LogP contribution >= 0.6 is 0 Å². The second-order valence-corrected chi connectivity index (χ2v) is 3.61. The maximum atomic E-state index is 11.8. The van der Waals surface area contributed by atoms with Crippen molar-refractivity contribution in [3.05, 3.63) is 11.4 Å². The number of ether oxygens (including phenoxy) is 1. The van der Waals surface area contributed by atoms with Crippen LogP contribution in [-0.4, -0.2) is 27.8 Å². The number of anilines is 1. The fraction of sp³-hybridized carbons (Fsp3) is 0.500. The number of nitrogen functional groups attached to an aromatic ring is 1. The Morgan fingerprint density at radius 3 is 2.59 bits per heavy atom. The average Bonchev–Trinajstić information content (AvgIpc) is 2.54. The zero-order valence-electron chi connectivity index (χ0n) is 10.1. The molecule has 1 aromatic rings. The minimum absolute atomic E-state index is 0.151. The summed E-state index contributed by atoms with van der Waals surface area (Å²) < 4.78 is 6.31. The Morgan fingerprint density at radius 1 is 1.53 bits per heavy atom. The van der Waals surface area contributed by atoms with Crippen molar-refractivity contribution in [1.29, 1.82) is 0 Å². The van der Waals surface area contributed by atoms with Crippen molar-refractivity contribution in [3.8, 4) is 0 Å². The molecule has 0 fully saturated rings. The molecule has 0 saturated heterocycles. The summed E-state index contributed by atoms with van der Waals surface area (Å²) in [6, 6.07) is 0. The Hall–Kier alpha value is -2.05. The van der Waals surface area contributed by atoms with Gasteiger partial charge in [-0.1, -0.05) is 0 Å². The number of hydrogen-bond acceptors (Lipinski definition) is 5. The smallest absolute Gasteiger partial charge is 0.359 e. The molecular weight excluding hydrogens is 224 g/mol. The number of hydrogen-bond donors (Lipinski definition) is 2. The van der Waals surface area contributed by atoms with E-state index in [1.807, 2.05) is 6.92 Å². The van der Waals surface area contributed by atoms with Crippen molar-refractivity contribution in [2.24, 2.45) is 5.73 Å². The van der Waals surface area contributed by atoms with Crippen LogP contribution in [0.1, 0.15) is 30.0 Å². The van der Waals surface area contributed by atoms with Gasteiger partial charge in [0.05, 0.1) is 11.4 Å². The molecule has 7 nitrogen and oxygen atoms in total. The largest absolute Gasteiger partial charge is 0.448 e. The lowest BCUT2D eigenvalue weighted by molar-refractivity contribution is -0.125. The standard InChI is InChI=1S/C10H16N4O3/c1-4-14-8(7(11)5(2)13-14)10(16)17-6(3)9(12)15/h6H,4,11H2,1-3H3,(H2,12,15). The van der Waals surface area contributed by atoms with Crippen LogP contribution in [0.15, 0.2) is 0 Å². The van der Waals surface area contributed by atoms with Gasteiger partial charge in [0.2, 0.25) is 0 Å². The average molecular weight is 240 g/mol. The molecule has 0 aliphatic rings. The zero-order valence-corrected chi connectivity index (χ0v) is 10.1. The molecule has 0 spiro atoms. The van der Waals surface area contributed by atoms with Gasteiger partial charge in [0.1, 0.15) is 0 Å². The molecule has 4 N–H and O–H groups in total. The van der Waals surface area contributed by atoms with Gasteiger partial charge < -0.3 is 16.2 Å². The van der Waals surface area contributed by atoms with E-state index in [4.69, 9.17) is 16.2 Å². The van der Waals surface area contributed by atoms with Crippen LogP contribution in [-0.2, 0) is 16.1 Å². The molecule has 1 atom stereocenters. The first-order valence-corrected chi connectivity index (χ1v) is 5.21. The van der Waals surface area contributed by atoms with Gasteiger partial charge >= 0.3 is 5.97 Å². The van der Waals surface area contributed by atoms with Crippen LogP contribution in [0.2, 0.25) is 0 Å². The Bertz CT molecular complexity index is 453. The highest BCUT2D eigenvalue weighted by Gasteiger charge is 2.23. The number of carbonyl (C=O) groups excluding carboxylic acids is 2. The number of aromatic nitrogens is 2. The Morgan fingerprint density at radius 2 is 2.12 bits per heavy atom. The zero-order chi connectivity index (χ0) is 13.2. The first kappa shape index (κ1) is 13.0. The molecule has 1 rings (SSSR count). The van der Waals surface area contributed by atoms with E-state index in [1.165, 1.54) is 11.6 Å². The number of nitrogens with two attached hydrogens (primary N) is 2. The van der Waals surface area contributed by atoms with Crippen molar-refractivity contribution in [1.82, 2.24) is 9.78 Å². The van der Waals surface area contributed by atoms with Crippen molar-refractivity contribution in [3.63, 3.8) is 0 Å². The lowest BCUT2D eigenvalue weighted by Gasteiger charge is -2.10. The summed E-state index contributed by atoms with van der Waals surface area (Å²) in [7, 11) is 0. The van der Waals surface area contributed by atoms with Gasteiger partial charge in [-0.25, -0.2) is 4.79 Å². The number of aryl methyl sites for hydroxylation is 2. The van der Waals surface area contributed by atoms with Crippen LogP contribution in [0.4, 0.5) is 5.69 Å². The first-order chi connectivity index (χ1) is 7.88. The predicted octanol–water partition coefficient (Wildman–Crippen LogP) is -0.176. The molecule has 1 heterocycles. The predicted molar refractivity (Wildman–Crippen MR) is 61.1 cm³/mol. The summed E-state index contributed by atoms with van der Waals surface area (Å²) in [4.78, 5) is 22.6. The quantitative estimate of drug-likeness (QED) is 0.709. The molecule has 7 heteroatoms. The van der Waals surface area contributed by atoms with Crippen molar-refractivity contribution < 1.29 is 14.3 Å². The third-order valence-electron chi connectivity index (χ3n) is 2.35. The number of nitrogens with zero attached hydrogens (tertiary/aromatic N) is 2. The molecule has 1 amide bonds. The topological polar surface area (TPSA) is 113 Å². The van der Waals surface area contributed by atoms with Crippen LogP contribution in [0.5, 0.6) is 0 Å². The molecule has 1 aromatic heterocycles. The number of esters is 1. The Labute approximate surface area is 98.7 Å². The SMILES string of the molecule is CCn1nc(C)c(N)c1C(=O)OC(C)C(N)=O. The van der Waals surface area contributed by atoms with E-state index in [1.54, 1.807) is 6.92 Å². The Balaban J connectivity index is 3.00. The van der Waals surface area contributed by atoms with Crippen molar-refractivity contribution in [2.45, 2.75) is 33.4 Å². The number of carbonyl (C=O) groups is 2. The van der Waals surface area contributed by atoms with Crippen molar-refractivity contribution in [2.75, 3.05) is 5.73 Å². The molecule has 17 heavy (non-hydrogen) atoms. The maximum Gasteiger partial charge on any atom is 0.359 e. The summed E-state index contributed by atoms with van der Waals surface area (Å²) in [6.07, 6.45) is -0.998. The van der Waals surface area contributed by atoms with E-state index in [9.17, 15) is 9.59 Å². The highest BCUT2D eigenvalue weighted by Crippen LogP contribution is 2.17. The van der Waals surface area contributed by atoms with Crippen LogP contribution in [0, 0.1) is 6.92 Å². The normalized spacial score (nSPS) is 12.2. The van der Waals surface area contributed by atoms with Gasteiger partial charge in [-0.3, -0.25) is 9.48 Å². The third kappa shape index (κ3) is 2.55. The van der Waals surface area contributed by atoms with Gasteiger partial charge in [0, 0.05) is 6.54 Å². The second kappa shape index (κ2) is 4.86. The maximum absolute atomic E-state index is 11.8. The lowest BCUT2D eigenvalue weighted by Crippen LogP contribution is -2.31. The highest BCUT2D eigenvalue weighted by molar-refractivity contribution is 5.95. The summed E-state index contributed by atoms with van der Waals surface area (Å²) in [5.41, 5.74) is 11.7. The minimum atomic E-state index is -0.998. The summed E-state index contributed by atoms with van der Waals surface area (Å²) >= 11 is 0. The fourth-order valence-electron chi connectivity index (χ4n) is 1.31. The molecule has 0 aliphatic heterocycles. The number of amides is 1. The van der Waals surface area contributed by atoms with E-state index >= 15 is 0 Å². The lowest BCUT2D eigenvalue weighted by atomic mass is 10.3. The molecule has 0 aliphatic carbocycles. The molecular formula is C10H16N4O3. The van der Waals surface area contributed by atoms with E-state index in [2.05, 4.69) is 5.10 Å². The van der Waals surface area contributed by atoms with E-state index in [0.717, 1.165) is 0 Å². The highest BCUT2D eigenvalue weighted by atomic mass is 16.5. The molecule has 0 bridgehead atoms. The third-order valence-corrected chi connectivity index (χ3v) is 2.35. The van der Waals surface area contributed by atoms with Crippen LogP contribution < -0.4 is 11.5 Å². The number of primary amides is 1. The van der Waals surface area contributed by atoms with Gasteiger partial charge in [-0.2, -0.15) is 5.10 Å². The van der Waals surface area contributed by atoms with Gasteiger partial charge in [0.25, 0.3) is 5.91 Å². The molecule has 0 aromatic carbocycles. The molecule has 94 valence electrons. The Kier molecular flexibility index (Phi) is 3.72. The van der Waals surface area contributed by atoms with Crippen LogP contribution in [0.3, 0.4) is 0 Å². The molecule has 1 unspecified atom stereocenters. The second-order valence-electron chi connectivity index (χ2n) is 3.61. The van der Waals surface area contributed by atoms with Gasteiger partial charge in [-0.05, 0) is 20.8 Å². The van der Waals surface area contributed by atoms with Crippen LogP contribution in [0.25, 0.3) is 0 Å². The summed E-state index contributed by atoms with van der Waals surface area (Å²) in [5.74, 6) is -1.41. The number of rotatable bonds is 4. The fourth-order valence-corrected chi connectivity index (χ4v) is 1.31. The minimum Gasteiger partial charge on any atom is -0.448 e. The van der Waals surface area contributed by atoms with E-state index in [0.29, 0.717) is 12.2 Å². The first-order valence-electron chi connectivity index (χ1n) is 5.21. The summed E-state index contributed by atoms with van der Waals surface area (Å²) in [5, 5.41) is 4.08. The van der Waals surface area contributed by atoms with Gasteiger partial charge in [-0.15, -0.1) is 0 Å². The van der Waals surface area contributed by atoms with E-state index < -0.39 is 18.0 Å². The van der Waals surface area contributed by atoms with E-state index in [-0.39, 0.29) is 11.4 Å². The monoisotopic (exact) mass is 240 g/mol. The van der Waals surface area contributed by atoms with Crippen molar-refractivity contribution >= 4 is 17.6 Å².